The van der Waals surface area contributed by atoms with Gasteiger partial charge in [0.05, 0.1) is 11.1 Å². The van der Waals surface area contributed by atoms with Gasteiger partial charge in [-0.05, 0) is 24.9 Å². The van der Waals surface area contributed by atoms with Gasteiger partial charge in [-0.25, -0.2) is 4.98 Å². The van der Waals surface area contributed by atoms with E-state index in [1.54, 1.807) is 6.39 Å². The predicted octanol–water partition coefficient (Wildman–Crippen LogP) is 2.86. The van der Waals surface area contributed by atoms with Crippen LogP contribution in [-0.4, -0.2) is 11.5 Å². The Morgan fingerprint density at radius 1 is 1.28 bits per heavy atom. The summed E-state index contributed by atoms with van der Waals surface area (Å²) >= 11 is 0. The molecule has 0 atom stereocenters. The first kappa shape index (κ1) is 11.5. The molecule has 1 aliphatic rings. The summed E-state index contributed by atoms with van der Waals surface area (Å²) in [6.07, 6.45) is 3.89. The Morgan fingerprint density at radius 3 is 2.72 bits per heavy atom. The lowest BCUT2D eigenvalue weighted by atomic mass is 9.92. The lowest BCUT2D eigenvalue weighted by Crippen LogP contribution is -2.17. The molecule has 0 amide bonds. The van der Waals surface area contributed by atoms with Crippen LogP contribution in [0.5, 0.6) is 0 Å². The van der Waals surface area contributed by atoms with Crippen molar-refractivity contribution in [1.29, 1.82) is 0 Å². The van der Waals surface area contributed by atoms with E-state index in [1.165, 1.54) is 5.56 Å². The van der Waals surface area contributed by atoms with Crippen LogP contribution in [0.1, 0.15) is 36.8 Å². The van der Waals surface area contributed by atoms with Crippen molar-refractivity contribution in [2.45, 2.75) is 31.7 Å². The molecule has 3 nitrogen and oxygen atoms in total. The summed E-state index contributed by atoms with van der Waals surface area (Å²) < 4.78 is 5.69. The van der Waals surface area contributed by atoms with Crippen molar-refractivity contribution in [3.8, 4) is 0 Å². The number of hydrogen-bond acceptors (Lipinski definition) is 3. The Labute approximate surface area is 107 Å². The van der Waals surface area contributed by atoms with E-state index in [0.29, 0.717) is 0 Å². The number of oxazole rings is 1. The Kier molecular flexibility index (Phi) is 2.92. The van der Waals surface area contributed by atoms with Gasteiger partial charge >= 0.3 is 0 Å². The van der Waals surface area contributed by atoms with Gasteiger partial charge in [-0.1, -0.05) is 37.3 Å². The van der Waals surface area contributed by atoms with Gasteiger partial charge in [0.25, 0.3) is 0 Å². The second kappa shape index (κ2) is 4.58. The largest absolute Gasteiger partial charge is 0.447 e. The molecule has 3 heteroatoms. The molecule has 0 aliphatic heterocycles. The zero-order chi connectivity index (χ0) is 12.4. The van der Waals surface area contributed by atoms with Crippen LogP contribution in [0.15, 0.2) is 41.1 Å². The van der Waals surface area contributed by atoms with Crippen molar-refractivity contribution >= 4 is 0 Å². The van der Waals surface area contributed by atoms with E-state index in [-0.39, 0.29) is 5.41 Å². The van der Waals surface area contributed by atoms with Crippen molar-refractivity contribution in [2.75, 3.05) is 6.54 Å². The van der Waals surface area contributed by atoms with E-state index in [1.807, 2.05) is 0 Å². The monoisotopic (exact) mass is 242 g/mol. The summed E-state index contributed by atoms with van der Waals surface area (Å²) in [5, 5.41) is 3.32. The maximum absolute atomic E-state index is 5.69. The molecule has 18 heavy (non-hydrogen) atoms. The lowest BCUT2D eigenvalue weighted by Gasteiger charge is -2.14. The fourth-order valence-electron chi connectivity index (χ4n) is 2.56. The molecule has 0 unspecified atom stereocenters. The third kappa shape index (κ3) is 1.85. The third-order valence-electron chi connectivity index (χ3n) is 3.69. The molecule has 0 saturated heterocycles. The summed E-state index contributed by atoms with van der Waals surface area (Å²) in [7, 11) is 0. The standard InChI is InChI=1S/C15H18N2O/c1-2-16-10-13-14(18-11-17-13)15(8-9-15)12-6-4-3-5-7-12/h3-7,11,16H,2,8-10H2,1H3. The van der Waals surface area contributed by atoms with Crippen LogP contribution in [0, 0.1) is 0 Å². The number of rotatable bonds is 5. The highest BCUT2D eigenvalue weighted by Gasteiger charge is 2.50. The first-order valence-electron chi connectivity index (χ1n) is 6.56. The molecular weight excluding hydrogens is 224 g/mol. The summed E-state index contributed by atoms with van der Waals surface area (Å²) in [4.78, 5) is 4.36. The van der Waals surface area contributed by atoms with E-state index in [2.05, 4.69) is 47.6 Å². The van der Waals surface area contributed by atoms with Gasteiger partial charge in [0.15, 0.2) is 6.39 Å². The van der Waals surface area contributed by atoms with Crippen LogP contribution in [0.4, 0.5) is 0 Å². The second-order valence-corrected chi connectivity index (χ2v) is 4.86. The van der Waals surface area contributed by atoms with Crippen LogP contribution < -0.4 is 5.32 Å². The highest BCUT2D eigenvalue weighted by molar-refractivity contribution is 5.42. The van der Waals surface area contributed by atoms with Crippen LogP contribution in [0.3, 0.4) is 0 Å². The van der Waals surface area contributed by atoms with Crippen LogP contribution in [0.25, 0.3) is 0 Å². The number of hydrogen-bond donors (Lipinski definition) is 1. The molecule has 3 rings (SSSR count). The molecule has 1 aromatic heterocycles. The minimum absolute atomic E-state index is 0.0858. The average Bonchev–Trinajstić information content (AvgIpc) is 3.10. The SMILES string of the molecule is CCNCc1ncoc1C1(c2ccccc2)CC1. The van der Waals surface area contributed by atoms with E-state index in [9.17, 15) is 0 Å². The minimum Gasteiger partial charge on any atom is -0.447 e. The summed E-state index contributed by atoms with van der Waals surface area (Å²) in [6, 6.07) is 10.6. The maximum atomic E-state index is 5.69. The van der Waals surface area contributed by atoms with Crippen molar-refractivity contribution < 1.29 is 4.42 Å². The first-order chi connectivity index (χ1) is 8.87. The van der Waals surface area contributed by atoms with E-state index >= 15 is 0 Å². The lowest BCUT2D eigenvalue weighted by molar-refractivity contribution is 0.469. The van der Waals surface area contributed by atoms with Crippen LogP contribution >= 0.6 is 0 Å². The third-order valence-corrected chi connectivity index (χ3v) is 3.69. The predicted molar refractivity (Wildman–Crippen MR) is 70.3 cm³/mol. The van der Waals surface area contributed by atoms with Crippen molar-refractivity contribution in [3.05, 3.63) is 53.7 Å². The van der Waals surface area contributed by atoms with Gasteiger partial charge in [0, 0.05) is 6.54 Å². The summed E-state index contributed by atoms with van der Waals surface area (Å²) in [6.45, 7) is 3.84. The highest BCUT2D eigenvalue weighted by Crippen LogP contribution is 2.54. The van der Waals surface area contributed by atoms with Gasteiger partial charge in [0.2, 0.25) is 0 Å². The van der Waals surface area contributed by atoms with Gasteiger partial charge in [-0.2, -0.15) is 0 Å². The highest BCUT2D eigenvalue weighted by atomic mass is 16.3. The quantitative estimate of drug-likeness (QED) is 0.876. The minimum atomic E-state index is 0.0858. The molecule has 1 N–H and O–H groups in total. The molecule has 1 aromatic carbocycles. The Bertz CT molecular complexity index is 514. The molecule has 1 saturated carbocycles. The molecule has 94 valence electrons. The molecule has 0 spiro atoms. The van der Waals surface area contributed by atoms with Crippen molar-refractivity contribution in [1.82, 2.24) is 10.3 Å². The van der Waals surface area contributed by atoms with Gasteiger partial charge < -0.3 is 9.73 Å². The first-order valence-corrected chi connectivity index (χ1v) is 6.56. The Balaban J connectivity index is 1.93. The molecule has 1 fully saturated rings. The summed E-state index contributed by atoms with van der Waals surface area (Å²) in [5.41, 5.74) is 2.49. The van der Waals surface area contributed by atoms with Crippen molar-refractivity contribution in [3.63, 3.8) is 0 Å². The van der Waals surface area contributed by atoms with Crippen molar-refractivity contribution in [2.24, 2.45) is 0 Å². The Hall–Kier alpha value is -1.61. The van der Waals surface area contributed by atoms with E-state index < -0.39 is 0 Å². The molecule has 1 aliphatic carbocycles. The zero-order valence-corrected chi connectivity index (χ0v) is 10.6. The van der Waals surface area contributed by atoms with E-state index in [0.717, 1.165) is 37.4 Å². The molecule has 0 bridgehead atoms. The number of nitrogens with zero attached hydrogens (tertiary/aromatic N) is 1. The zero-order valence-electron chi connectivity index (χ0n) is 10.6. The fourth-order valence-corrected chi connectivity index (χ4v) is 2.56. The number of aromatic nitrogens is 1. The van der Waals surface area contributed by atoms with Gasteiger partial charge in [-0.15, -0.1) is 0 Å². The molecule has 1 heterocycles. The van der Waals surface area contributed by atoms with Crippen LogP contribution in [-0.2, 0) is 12.0 Å². The number of nitrogens with one attached hydrogen (secondary N) is 1. The summed E-state index contributed by atoms with van der Waals surface area (Å²) in [5.74, 6) is 1.05. The van der Waals surface area contributed by atoms with Gasteiger partial charge in [-0.3, -0.25) is 0 Å². The fraction of sp³-hybridized carbons (Fsp3) is 0.400. The molecule has 0 radical (unpaired) electrons. The molecular formula is C15H18N2O. The van der Waals surface area contributed by atoms with Gasteiger partial charge in [0.1, 0.15) is 5.76 Å². The normalized spacial score (nSPS) is 16.7. The maximum Gasteiger partial charge on any atom is 0.181 e. The molecule has 2 aromatic rings. The van der Waals surface area contributed by atoms with Crippen LogP contribution in [0.2, 0.25) is 0 Å². The Morgan fingerprint density at radius 2 is 2.06 bits per heavy atom. The van der Waals surface area contributed by atoms with E-state index in [4.69, 9.17) is 4.42 Å². The number of benzene rings is 1. The second-order valence-electron chi connectivity index (χ2n) is 4.86. The smallest absolute Gasteiger partial charge is 0.181 e. The topological polar surface area (TPSA) is 38.1 Å². The average molecular weight is 242 g/mol.